The summed E-state index contributed by atoms with van der Waals surface area (Å²) in [5.41, 5.74) is 5.09. The summed E-state index contributed by atoms with van der Waals surface area (Å²) in [6.07, 6.45) is -0.239. The lowest BCUT2D eigenvalue weighted by atomic mass is 10.0. The van der Waals surface area contributed by atoms with Crippen LogP contribution in [0.4, 0.5) is 0 Å². The van der Waals surface area contributed by atoms with Gasteiger partial charge in [-0.3, -0.25) is 15.0 Å². The fraction of sp³-hybridized carbons (Fsp3) is 0.800. The van der Waals surface area contributed by atoms with E-state index >= 15 is 0 Å². The number of hydrogen-bond acceptors (Lipinski definition) is 8. The van der Waals surface area contributed by atoms with Gasteiger partial charge in [-0.25, -0.2) is 5.43 Å². The maximum atomic E-state index is 10.9. The number of ether oxygens (including phenoxy) is 2. The number of hydrazine groups is 1. The highest BCUT2D eigenvalue weighted by atomic mass is 16.7. The van der Waals surface area contributed by atoms with Crippen molar-refractivity contribution in [2.24, 2.45) is 10.4 Å². The van der Waals surface area contributed by atoms with E-state index in [0.29, 0.717) is 12.8 Å². The van der Waals surface area contributed by atoms with E-state index in [1.165, 1.54) is 6.92 Å². The standard InChI is InChI=1S/C10H16N4O6/c1-6(15)12-13-8-3-2-7(4-11-17)20-10(8)19-5-9(16)14-18/h7-8,10,13H,2-5H2,1H3,(H,12,15). The Bertz CT molecular complexity index is 377. The molecule has 0 bridgehead atoms. The Morgan fingerprint density at radius 3 is 2.70 bits per heavy atom. The predicted octanol–water partition coefficient (Wildman–Crippen LogP) is -0.423. The number of amides is 2. The first-order chi connectivity index (χ1) is 9.56. The molecule has 1 heterocycles. The quantitative estimate of drug-likeness (QED) is 0.479. The smallest absolute Gasteiger partial charge is 0.311 e. The largest absolute Gasteiger partial charge is 0.346 e. The van der Waals surface area contributed by atoms with Crippen molar-refractivity contribution < 1.29 is 19.1 Å². The molecule has 1 fully saturated rings. The highest BCUT2D eigenvalue weighted by Gasteiger charge is 2.32. The maximum absolute atomic E-state index is 10.9. The van der Waals surface area contributed by atoms with E-state index < -0.39 is 30.9 Å². The van der Waals surface area contributed by atoms with Crippen LogP contribution in [0.5, 0.6) is 0 Å². The SMILES string of the molecule is CC(=O)NNC1CCC(CN=O)OC1OCC(=O)N=O. The zero-order valence-corrected chi connectivity index (χ0v) is 10.9. The van der Waals surface area contributed by atoms with E-state index in [1.54, 1.807) is 0 Å². The summed E-state index contributed by atoms with van der Waals surface area (Å²) in [5.74, 6) is -1.27. The molecule has 0 aromatic rings. The lowest BCUT2D eigenvalue weighted by Crippen LogP contribution is -2.54. The van der Waals surface area contributed by atoms with Crippen LogP contribution in [-0.4, -0.2) is 43.4 Å². The van der Waals surface area contributed by atoms with Crippen molar-refractivity contribution in [3.05, 3.63) is 9.81 Å². The predicted molar refractivity (Wildman–Crippen MR) is 66.1 cm³/mol. The molecule has 20 heavy (non-hydrogen) atoms. The molecule has 112 valence electrons. The number of nitrogens with zero attached hydrogens (tertiary/aromatic N) is 2. The van der Waals surface area contributed by atoms with Gasteiger partial charge >= 0.3 is 5.91 Å². The molecular weight excluding hydrogens is 272 g/mol. The van der Waals surface area contributed by atoms with E-state index in [-0.39, 0.29) is 12.5 Å². The molecule has 1 saturated heterocycles. The zero-order chi connectivity index (χ0) is 15.0. The average Bonchev–Trinajstić information content (AvgIpc) is 2.43. The molecule has 3 atom stereocenters. The molecule has 10 nitrogen and oxygen atoms in total. The van der Waals surface area contributed by atoms with Gasteiger partial charge in [-0.15, -0.1) is 4.91 Å². The van der Waals surface area contributed by atoms with Gasteiger partial charge in [0.2, 0.25) is 5.91 Å². The van der Waals surface area contributed by atoms with E-state index in [1.807, 2.05) is 0 Å². The summed E-state index contributed by atoms with van der Waals surface area (Å²) < 4.78 is 10.6. The molecule has 10 heteroatoms. The zero-order valence-electron chi connectivity index (χ0n) is 10.9. The fourth-order valence-electron chi connectivity index (χ4n) is 1.74. The lowest BCUT2D eigenvalue weighted by Gasteiger charge is -2.35. The molecule has 0 aromatic heterocycles. The van der Waals surface area contributed by atoms with Crippen LogP contribution in [0.1, 0.15) is 19.8 Å². The molecule has 0 saturated carbocycles. The maximum Gasteiger partial charge on any atom is 0.311 e. The minimum Gasteiger partial charge on any atom is -0.346 e. The van der Waals surface area contributed by atoms with E-state index in [9.17, 15) is 19.4 Å². The second-order valence-electron chi connectivity index (χ2n) is 4.24. The van der Waals surface area contributed by atoms with Gasteiger partial charge in [0.1, 0.15) is 13.2 Å². The third-order valence-electron chi connectivity index (χ3n) is 2.64. The van der Waals surface area contributed by atoms with Crippen molar-refractivity contribution in [1.82, 2.24) is 10.9 Å². The second kappa shape index (κ2) is 8.40. The van der Waals surface area contributed by atoms with Gasteiger partial charge in [0.25, 0.3) is 0 Å². The van der Waals surface area contributed by atoms with Gasteiger partial charge < -0.3 is 9.47 Å². The lowest BCUT2D eigenvalue weighted by molar-refractivity contribution is -0.206. The topological polar surface area (TPSA) is 136 Å². The van der Waals surface area contributed by atoms with Gasteiger partial charge in [0, 0.05) is 12.1 Å². The summed E-state index contributed by atoms with van der Waals surface area (Å²) in [4.78, 5) is 41.9. The number of hydrogen-bond donors (Lipinski definition) is 2. The number of rotatable bonds is 7. The molecule has 1 rings (SSSR count). The van der Waals surface area contributed by atoms with Crippen LogP contribution in [0.3, 0.4) is 0 Å². The second-order valence-corrected chi connectivity index (χ2v) is 4.24. The summed E-state index contributed by atoms with van der Waals surface area (Å²) in [6.45, 7) is 0.756. The molecule has 1 aliphatic rings. The van der Waals surface area contributed by atoms with Crippen molar-refractivity contribution in [2.75, 3.05) is 13.2 Å². The van der Waals surface area contributed by atoms with Crippen LogP contribution in [0.15, 0.2) is 10.4 Å². The first kappa shape index (κ1) is 16.3. The number of carbonyl (C=O) groups is 2. The Balaban J connectivity index is 2.55. The highest BCUT2D eigenvalue weighted by molar-refractivity contribution is 5.77. The minimum absolute atomic E-state index is 0.0351. The summed E-state index contributed by atoms with van der Waals surface area (Å²) in [6, 6.07) is -0.416. The van der Waals surface area contributed by atoms with E-state index in [2.05, 4.69) is 21.2 Å². The fourth-order valence-corrected chi connectivity index (χ4v) is 1.74. The van der Waals surface area contributed by atoms with Gasteiger partial charge in [0.15, 0.2) is 6.29 Å². The number of nitrogens with one attached hydrogen (secondary N) is 2. The molecule has 0 aromatic carbocycles. The molecule has 3 unspecified atom stereocenters. The molecule has 2 amide bonds. The van der Waals surface area contributed by atoms with Crippen LogP contribution in [0.2, 0.25) is 0 Å². The van der Waals surface area contributed by atoms with Crippen molar-refractivity contribution in [2.45, 2.75) is 38.2 Å². The Hall–Kier alpha value is -1.78. The third-order valence-corrected chi connectivity index (χ3v) is 2.64. The molecule has 1 aliphatic heterocycles. The Morgan fingerprint density at radius 2 is 2.10 bits per heavy atom. The molecular formula is C10H16N4O6. The van der Waals surface area contributed by atoms with Crippen LogP contribution in [0, 0.1) is 9.81 Å². The van der Waals surface area contributed by atoms with Gasteiger partial charge in [-0.05, 0) is 12.8 Å². The molecule has 2 N–H and O–H groups in total. The molecule has 0 aliphatic carbocycles. The van der Waals surface area contributed by atoms with E-state index in [4.69, 9.17) is 9.47 Å². The third kappa shape index (κ3) is 5.47. The van der Waals surface area contributed by atoms with Crippen LogP contribution in [-0.2, 0) is 19.1 Å². The van der Waals surface area contributed by atoms with E-state index in [0.717, 1.165) is 0 Å². The van der Waals surface area contributed by atoms with Gasteiger partial charge in [-0.2, -0.15) is 4.91 Å². The van der Waals surface area contributed by atoms with Gasteiger partial charge in [0.05, 0.1) is 12.1 Å². The Labute approximate surface area is 114 Å². The first-order valence-corrected chi connectivity index (χ1v) is 6.01. The summed E-state index contributed by atoms with van der Waals surface area (Å²) in [7, 11) is 0. The van der Waals surface area contributed by atoms with Crippen molar-refractivity contribution in [1.29, 1.82) is 0 Å². The van der Waals surface area contributed by atoms with Crippen LogP contribution >= 0.6 is 0 Å². The number of nitroso groups, excluding NO2 is 2. The van der Waals surface area contributed by atoms with Crippen molar-refractivity contribution in [3.8, 4) is 0 Å². The summed E-state index contributed by atoms with van der Waals surface area (Å²) >= 11 is 0. The average molecular weight is 288 g/mol. The Morgan fingerprint density at radius 1 is 1.35 bits per heavy atom. The van der Waals surface area contributed by atoms with Crippen LogP contribution in [0.25, 0.3) is 0 Å². The summed E-state index contributed by atoms with van der Waals surface area (Å²) in [5, 5.41) is 4.95. The van der Waals surface area contributed by atoms with Crippen molar-refractivity contribution >= 4 is 11.8 Å². The van der Waals surface area contributed by atoms with Gasteiger partial charge in [-0.1, -0.05) is 5.18 Å². The molecule has 0 spiro atoms. The highest BCUT2D eigenvalue weighted by Crippen LogP contribution is 2.20. The first-order valence-electron chi connectivity index (χ1n) is 6.01. The number of carbonyl (C=O) groups excluding carboxylic acids is 2. The molecule has 0 radical (unpaired) electrons. The Kier molecular flexibility index (Phi) is 6.84. The normalized spacial score (nSPS) is 25.8. The minimum atomic E-state index is -0.970. The van der Waals surface area contributed by atoms with Crippen molar-refractivity contribution in [3.63, 3.8) is 0 Å². The monoisotopic (exact) mass is 288 g/mol. The van der Waals surface area contributed by atoms with Crippen LogP contribution < -0.4 is 10.9 Å².